The Morgan fingerprint density at radius 3 is 1.93 bits per heavy atom. The van der Waals surface area contributed by atoms with Crippen molar-refractivity contribution in [1.82, 2.24) is 0 Å². The zero-order valence-corrected chi connectivity index (χ0v) is 16.9. The highest BCUT2D eigenvalue weighted by Crippen LogP contribution is 2.34. The molecule has 0 saturated carbocycles. The van der Waals surface area contributed by atoms with Gasteiger partial charge in [0, 0.05) is 11.7 Å². The first kappa shape index (κ1) is 20.1. The second-order valence-electron chi connectivity index (χ2n) is 7.52. The molecule has 0 amide bonds. The highest BCUT2D eigenvalue weighted by atomic mass is 19.1. The third kappa shape index (κ3) is 4.09. The fraction of sp³-hybridized carbons (Fsp3) is 0.280. The average molecular weight is 379 g/mol. The van der Waals surface area contributed by atoms with E-state index in [4.69, 9.17) is 0 Å². The van der Waals surface area contributed by atoms with E-state index in [0.717, 1.165) is 12.1 Å². The van der Waals surface area contributed by atoms with Gasteiger partial charge >= 0.3 is 0 Å². The highest BCUT2D eigenvalue weighted by Gasteiger charge is 2.19. The maximum atomic E-state index is 15.1. The molecule has 0 aliphatic carbocycles. The van der Waals surface area contributed by atoms with Crippen LogP contribution >= 0.6 is 0 Å². The molecule has 0 spiro atoms. The Morgan fingerprint density at radius 1 is 0.786 bits per heavy atom. The molecule has 0 fully saturated rings. The van der Waals surface area contributed by atoms with Crippen molar-refractivity contribution in [3.8, 4) is 11.1 Å². The third-order valence-electron chi connectivity index (χ3n) is 5.23. The van der Waals surface area contributed by atoms with Gasteiger partial charge in [-0.3, -0.25) is 0 Å². The molecule has 3 aromatic rings. The lowest BCUT2D eigenvalue weighted by molar-refractivity contribution is 0.598. The first-order valence-electron chi connectivity index (χ1n) is 9.86. The summed E-state index contributed by atoms with van der Waals surface area (Å²) in [5.41, 5.74) is 3.52. The van der Waals surface area contributed by atoms with E-state index in [1.165, 1.54) is 12.1 Å². The lowest BCUT2D eigenvalue weighted by Crippen LogP contribution is -2.28. The molecule has 0 aliphatic rings. The average Bonchev–Trinajstić information content (AvgIpc) is 2.69. The van der Waals surface area contributed by atoms with Crippen molar-refractivity contribution >= 4 is 11.4 Å². The minimum atomic E-state index is -0.310. The molecule has 1 nitrogen and oxygen atoms in total. The van der Waals surface area contributed by atoms with E-state index in [1.807, 2.05) is 61.2 Å². The van der Waals surface area contributed by atoms with Crippen LogP contribution in [0.1, 0.15) is 45.6 Å². The topological polar surface area (TPSA) is 3.24 Å². The van der Waals surface area contributed by atoms with Gasteiger partial charge in [0.25, 0.3) is 0 Å². The molecule has 0 aromatic heterocycles. The minimum Gasteiger partial charge on any atom is -0.336 e. The van der Waals surface area contributed by atoms with Crippen molar-refractivity contribution in [3.05, 3.63) is 83.9 Å². The van der Waals surface area contributed by atoms with Crippen LogP contribution in [0.5, 0.6) is 0 Å². The molecule has 28 heavy (non-hydrogen) atoms. The van der Waals surface area contributed by atoms with Gasteiger partial charge in [-0.15, -0.1) is 0 Å². The second kappa shape index (κ2) is 8.55. The van der Waals surface area contributed by atoms with Gasteiger partial charge in [0.1, 0.15) is 11.6 Å². The van der Waals surface area contributed by atoms with Crippen LogP contribution in [0.3, 0.4) is 0 Å². The Morgan fingerprint density at radius 2 is 1.39 bits per heavy atom. The molecule has 0 saturated heterocycles. The summed E-state index contributed by atoms with van der Waals surface area (Å²) in [6, 6.07) is 20.3. The number of rotatable bonds is 6. The Bertz CT molecular complexity index is 935. The molecule has 146 valence electrons. The number of para-hydroxylation sites is 1. The Balaban J connectivity index is 2.00. The standard InChI is InChI=1S/C25H27F2N/c1-5-18(4)28(21-9-7-6-8-10-21)25-14-12-20(16-24(25)27)19-11-13-22(17(2)3)23(26)15-19/h6-18H,5H2,1-4H3. The van der Waals surface area contributed by atoms with Gasteiger partial charge < -0.3 is 4.90 Å². The second-order valence-corrected chi connectivity index (χ2v) is 7.52. The number of halogens is 2. The summed E-state index contributed by atoms with van der Waals surface area (Å²) >= 11 is 0. The first-order chi connectivity index (χ1) is 13.4. The van der Waals surface area contributed by atoms with Crippen molar-refractivity contribution in [3.63, 3.8) is 0 Å². The number of hydrogen-bond acceptors (Lipinski definition) is 1. The molecule has 3 heteroatoms. The minimum absolute atomic E-state index is 0.114. The summed E-state index contributed by atoms with van der Waals surface area (Å²) in [6.45, 7) is 8.09. The van der Waals surface area contributed by atoms with Crippen molar-refractivity contribution in [1.29, 1.82) is 0 Å². The van der Waals surface area contributed by atoms with Crippen molar-refractivity contribution in [2.75, 3.05) is 4.90 Å². The molecule has 0 radical (unpaired) electrons. The zero-order valence-electron chi connectivity index (χ0n) is 16.9. The lowest BCUT2D eigenvalue weighted by atomic mass is 9.97. The Hall–Kier alpha value is -2.68. The summed E-state index contributed by atoms with van der Waals surface area (Å²) in [4.78, 5) is 2.02. The van der Waals surface area contributed by atoms with Crippen LogP contribution in [0.2, 0.25) is 0 Å². The SMILES string of the molecule is CCC(C)N(c1ccccc1)c1ccc(-c2ccc(C(C)C)c(F)c2)cc1F. The monoisotopic (exact) mass is 379 g/mol. The van der Waals surface area contributed by atoms with Gasteiger partial charge in [-0.1, -0.05) is 57.2 Å². The Kier molecular flexibility index (Phi) is 6.13. The smallest absolute Gasteiger partial charge is 0.147 e. The van der Waals surface area contributed by atoms with Gasteiger partial charge in [-0.25, -0.2) is 8.78 Å². The van der Waals surface area contributed by atoms with E-state index >= 15 is 4.39 Å². The number of benzene rings is 3. The summed E-state index contributed by atoms with van der Waals surface area (Å²) in [7, 11) is 0. The van der Waals surface area contributed by atoms with E-state index in [9.17, 15) is 4.39 Å². The fourth-order valence-electron chi connectivity index (χ4n) is 3.46. The van der Waals surface area contributed by atoms with Crippen molar-refractivity contribution in [2.45, 2.75) is 46.1 Å². The van der Waals surface area contributed by atoms with Gasteiger partial charge in [-0.05, 0) is 66.3 Å². The van der Waals surface area contributed by atoms with Gasteiger partial charge in [-0.2, -0.15) is 0 Å². The highest BCUT2D eigenvalue weighted by molar-refractivity contribution is 5.71. The van der Waals surface area contributed by atoms with Crippen LogP contribution in [0.15, 0.2) is 66.7 Å². The fourth-order valence-corrected chi connectivity index (χ4v) is 3.46. The molecule has 3 rings (SSSR count). The maximum absolute atomic E-state index is 15.1. The third-order valence-corrected chi connectivity index (χ3v) is 5.23. The largest absolute Gasteiger partial charge is 0.336 e. The van der Waals surface area contributed by atoms with Crippen molar-refractivity contribution < 1.29 is 8.78 Å². The van der Waals surface area contributed by atoms with Crippen molar-refractivity contribution in [2.24, 2.45) is 0 Å². The van der Waals surface area contributed by atoms with Gasteiger partial charge in [0.05, 0.1) is 5.69 Å². The van der Waals surface area contributed by atoms with Gasteiger partial charge in [0.2, 0.25) is 0 Å². The molecule has 1 unspecified atom stereocenters. The van der Waals surface area contributed by atoms with Crippen LogP contribution in [0.25, 0.3) is 11.1 Å². The molecule has 0 heterocycles. The number of hydrogen-bond donors (Lipinski definition) is 0. The van der Waals surface area contributed by atoms with Crippen LogP contribution < -0.4 is 4.90 Å². The van der Waals surface area contributed by atoms with Crippen LogP contribution in [-0.2, 0) is 0 Å². The summed E-state index contributed by atoms with van der Waals surface area (Å²) < 4.78 is 29.5. The van der Waals surface area contributed by atoms with Crippen LogP contribution in [0.4, 0.5) is 20.2 Å². The number of nitrogens with zero attached hydrogens (tertiary/aromatic N) is 1. The van der Waals surface area contributed by atoms with Crippen LogP contribution in [0, 0.1) is 11.6 Å². The molecule has 3 aromatic carbocycles. The molecule has 0 bridgehead atoms. The summed E-state index contributed by atoms with van der Waals surface area (Å²) in [6.07, 6.45) is 0.887. The molecule has 0 aliphatic heterocycles. The van der Waals surface area contributed by atoms with Gasteiger partial charge in [0.15, 0.2) is 0 Å². The van der Waals surface area contributed by atoms with E-state index in [1.54, 1.807) is 12.1 Å². The Labute approximate surface area is 166 Å². The van der Waals surface area contributed by atoms with E-state index in [-0.39, 0.29) is 23.6 Å². The van der Waals surface area contributed by atoms with E-state index < -0.39 is 0 Å². The quantitative estimate of drug-likeness (QED) is 0.424. The molecular formula is C25H27F2N. The predicted octanol–water partition coefficient (Wildman–Crippen LogP) is 7.69. The molecule has 0 N–H and O–H groups in total. The predicted molar refractivity (Wildman–Crippen MR) is 114 cm³/mol. The zero-order chi connectivity index (χ0) is 20.3. The number of anilines is 2. The van der Waals surface area contributed by atoms with Crippen LogP contribution in [-0.4, -0.2) is 6.04 Å². The maximum Gasteiger partial charge on any atom is 0.147 e. The summed E-state index contributed by atoms with van der Waals surface area (Å²) in [5.74, 6) is -0.444. The summed E-state index contributed by atoms with van der Waals surface area (Å²) in [5, 5.41) is 0. The first-order valence-corrected chi connectivity index (χ1v) is 9.86. The van der Waals surface area contributed by atoms with E-state index in [2.05, 4.69) is 13.8 Å². The lowest BCUT2D eigenvalue weighted by Gasteiger charge is -2.31. The molecule has 1 atom stereocenters. The molecular weight excluding hydrogens is 352 g/mol. The normalized spacial score (nSPS) is 12.2. The van der Waals surface area contributed by atoms with E-state index in [0.29, 0.717) is 22.4 Å².